The molecule has 2 aliphatic heterocycles. The van der Waals surface area contributed by atoms with Crippen molar-refractivity contribution < 1.29 is 4.79 Å². The first-order valence-corrected chi connectivity index (χ1v) is 8.94. The summed E-state index contributed by atoms with van der Waals surface area (Å²) in [5.41, 5.74) is 0. The van der Waals surface area contributed by atoms with Crippen LogP contribution in [-0.4, -0.2) is 41.1 Å². The standard InChI is InChI=1S/C18H29N3O/c22-18(19-10-15-20-11-3-4-12-20)9-8-16-6-5-14-21-13-2-1-7-17(16)21/h3-4,11-12,16-17H,1-2,5-10,13-15H2,(H,19,22)/t16-,17+/m0/s1. The molecule has 2 fully saturated rings. The molecule has 0 aliphatic carbocycles. The lowest BCUT2D eigenvalue weighted by Crippen LogP contribution is -2.48. The van der Waals surface area contributed by atoms with Crippen LogP contribution in [-0.2, 0) is 11.3 Å². The Labute approximate surface area is 133 Å². The number of nitrogens with one attached hydrogen (secondary N) is 1. The molecule has 22 heavy (non-hydrogen) atoms. The van der Waals surface area contributed by atoms with Crippen LogP contribution < -0.4 is 5.32 Å². The summed E-state index contributed by atoms with van der Waals surface area (Å²) >= 11 is 0. The highest BCUT2D eigenvalue weighted by atomic mass is 16.1. The number of hydrogen-bond acceptors (Lipinski definition) is 2. The van der Waals surface area contributed by atoms with Gasteiger partial charge >= 0.3 is 0 Å². The second-order valence-electron chi connectivity index (χ2n) is 6.81. The van der Waals surface area contributed by atoms with Crippen LogP contribution in [0.15, 0.2) is 24.5 Å². The van der Waals surface area contributed by atoms with Gasteiger partial charge in [-0.2, -0.15) is 0 Å². The van der Waals surface area contributed by atoms with E-state index >= 15 is 0 Å². The first-order valence-electron chi connectivity index (χ1n) is 8.94. The highest BCUT2D eigenvalue weighted by Crippen LogP contribution is 2.33. The summed E-state index contributed by atoms with van der Waals surface area (Å²) in [6.45, 7) is 4.15. The predicted octanol–water partition coefficient (Wildman–Crippen LogP) is 2.65. The van der Waals surface area contributed by atoms with Crippen molar-refractivity contribution >= 4 is 5.91 Å². The zero-order chi connectivity index (χ0) is 15.2. The molecule has 4 nitrogen and oxygen atoms in total. The van der Waals surface area contributed by atoms with Crippen molar-refractivity contribution in [2.24, 2.45) is 5.92 Å². The maximum Gasteiger partial charge on any atom is 0.220 e. The predicted molar refractivity (Wildman–Crippen MR) is 88.6 cm³/mol. The molecule has 122 valence electrons. The van der Waals surface area contributed by atoms with Gasteiger partial charge in [0, 0.05) is 37.9 Å². The van der Waals surface area contributed by atoms with Crippen LogP contribution in [0.4, 0.5) is 0 Å². The fraction of sp³-hybridized carbons (Fsp3) is 0.722. The molecule has 3 rings (SSSR count). The Morgan fingerprint density at radius 2 is 1.91 bits per heavy atom. The number of fused-ring (bicyclic) bond motifs is 1. The minimum Gasteiger partial charge on any atom is -0.354 e. The van der Waals surface area contributed by atoms with Crippen molar-refractivity contribution in [2.75, 3.05) is 19.6 Å². The number of aromatic nitrogens is 1. The molecule has 2 atom stereocenters. The second-order valence-corrected chi connectivity index (χ2v) is 6.81. The van der Waals surface area contributed by atoms with Crippen LogP contribution >= 0.6 is 0 Å². The summed E-state index contributed by atoms with van der Waals surface area (Å²) in [7, 11) is 0. The molecular formula is C18H29N3O. The Morgan fingerprint density at radius 1 is 1.09 bits per heavy atom. The van der Waals surface area contributed by atoms with Gasteiger partial charge in [0.05, 0.1) is 0 Å². The first-order chi connectivity index (χ1) is 10.8. The lowest BCUT2D eigenvalue weighted by Gasteiger charge is -2.44. The summed E-state index contributed by atoms with van der Waals surface area (Å²) in [5, 5.41) is 3.06. The lowest BCUT2D eigenvalue weighted by molar-refractivity contribution is -0.121. The molecule has 2 saturated heterocycles. The van der Waals surface area contributed by atoms with Gasteiger partial charge in [-0.15, -0.1) is 0 Å². The molecule has 0 bridgehead atoms. The molecule has 0 aromatic carbocycles. The van der Waals surface area contributed by atoms with Gasteiger partial charge in [-0.05, 0) is 63.2 Å². The molecule has 1 aromatic heterocycles. The fourth-order valence-electron chi connectivity index (χ4n) is 4.16. The summed E-state index contributed by atoms with van der Waals surface area (Å²) in [6, 6.07) is 4.79. The Kier molecular flexibility index (Phi) is 5.54. The third kappa shape index (κ3) is 4.13. The third-order valence-corrected chi connectivity index (χ3v) is 5.33. The first kappa shape index (κ1) is 15.6. The SMILES string of the molecule is O=C(CC[C@@H]1CCCN2CCCC[C@H]12)NCCn1cccc1. The van der Waals surface area contributed by atoms with E-state index in [2.05, 4.69) is 14.8 Å². The molecule has 0 saturated carbocycles. The maximum absolute atomic E-state index is 12.0. The molecule has 0 unspecified atom stereocenters. The monoisotopic (exact) mass is 303 g/mol. The number of piperidine rings is 2. The number of nitrogens with zero attached hydrogens (tertiary/aromatic N) is 2. The van der Waals surface area contributed by atoms with Crippen molar-refractivity contribution in [1.82, 2.24) is 14.8 Å². The quantitative estimate of drug-likeness (QED) is 0.877. The van der Waals surface area contributed by atoms with Gasteiger partial charge in [-0.25, -0.2) is 0 Å². The van der Waals surface area contributed by atoms with E-state index in [-0.39, 0.29) is 5.91 Å². The van der Waals surface area contributed by atoms with Crippen molar-refractivity contribution in [2.45, 2.75) is 57.5 Å². The van der Waals surface area contributed by atoms with E-state index in [0.717, 1.165) is 31.5 Å². The molecule has 3 heterocycles. The van der Waals surface area contributed by atoms with Crippen LogP contribution in [0.25, 0.3) is 0 Å². The van der Waals surface area contributed by atoms with Crippen LogP contribution in [0.3, 0.4) is 0 Å². The largest absolute Gasteiger partial charge is 0.354 e. The molecular weight excluding hydrogens is 274 g/mol. The Morgan fingerprint density at radius 3 is 2.77 bits per heavy atom. The van der Waals surface area contributed by atoms with E-state index in [9.17, 15) is 4.79 Å². The number of amides is 1. The van der Waals surface area contributed by atoms with Gasteiger partial charge in [0.1, 0.15) is 0 Å². The molecule has 0 spiro atoms. The number of carbonyl (C=O) groups excluding carboxylic acids is 1. The zero-order valence-electron chi connectivity index (χ0n) is 13.5. The van der Waals surface area contributed by atoms with Gasteiger partial charge in [-0.3, -0.25) is 4.79 Å². The lowest BCUT2D eigenvalue weighted by atomic mass is 9.81. The molecule has 2 aliphatic rings. The average molecular weight is 303 g/mol. The van der Waals surface area contributed by atoms with E-state index in [1.807, 2.05) is 24.5 Å². The summed E-state index contributed by atoms with van der Waals surface area (Å²) < 4.78 is 2.10. The Balaban J connectivity index is 1.36. The fourth-order valence-corrected chi connectivity index (χ4v) is 4.16. The van der Waals surface area contributed by atoms with E-state index in [1.165, 1.54) is 45.2 Å². The molecule has 1 amide bonds. The van der Waals surface area contributed by atoms with Crippen molar-refractivity contribution in [3.63, 3.8) is 0 Å². The van der Waals surface area contributed by atoms with Crippen molar-refractivity contribution in [1.29, 1.82) is 0 Å². The Bertz CT molecular complexity index is 455. The Hall–Kier alpha value is -1.29. The third-order valence-electron chi connectivity index (χ3n) is 5.33. The summed E-state index contributed by atoms with van der Waals surface area (Å²) in [4.78, 5) is 14.7. The zero-order valence-corrected chi connectivity index (χ0v) is 13.5. The molecule has 0 radical (unpaired) electrons. The topological polar surface area (TPSA) is 37.3 Å². The molecule has 1 N–H and O–H groups in total. The second kappa shape index (κ2) is 7.82. The van der Waals surface area contributed by atoms with Gasteiger partial charge < -0.3 is 14.8 Å². The number of rotatable bonds is 6. The van der Waals surface area contributed by atoms with Gasteiger partial charge in [0.15, 0.2) is 0 Å². The number of hydrogen-bond donors (Lipinski definition) is 1. The van der Waals surface area contributed by atoms with Crippen LogP contribution in [0.1, 0.15) is 44.9 Å². The van der Waals surface area contributed by atoms with Gasteiger partial charge in [-0.1, -0.05) is 6.42 Å². The minimum atomic E-state index is 0.222. The van der Waals surface area contributed by atoms with Crippen LogP contribution in [0.5, 0.6) is 0 Å². The maximum atomic E-state index is 12.0. The minimum absolute atomic E-state index is 0.222. The molecule has 1 aromatic rings. The molecule has 4 heteroatoms. The summed E-state index contributed by atoms with van der Waals surface area (Å²) in [6.07, 6.45) is 12.5. The summed E-state index contributed by atoms with van der Waals surface area (Å²) in [5.74, 6) is 0.962. The van der Waals surface area contributed by atoms with E-state index in [0.29, 0.717) is 6.42 Å². The van der Waals surface area contributed by atoms with Crippen LogP contribution in [0.2, 0.25) is 0 Å². The average Bonchev–Trinajstić information content (AvgIpc) is 3.06. The van der Waals surface area contributed by atoms with E-state index < -0.39 is 0 Å². The van der Waals surface area contributed by atoms with Crippen LogP contribution in [0, 0.1) is 5.92 Å². The van der Waals surface area contributed by atoms with Gasteiger partial charge in [0.2, 0.25) is 5.91 Å². The van der Waals surface area contributed by atoms with Gasteiger partial charge in [0.25, 0.3) is 0 Å². The highest BCUT2D eigenvalue weighted by molar-refractivity contribution is 5.75. The normalized spacial score (nSPS) is 25.6. The highest BCUT2D eigenvalue weighted by Gasteiger charge is 2.32. The van der Waals surface area contributed by atoms with E-state index in [1.54, 1.807) is 0 Å². The van der Waals surface area contributed by atoms with E-state index in [4.69, 9.17) is 0 Å². The number of carbonyl (C=O) groups is 1. The van der Waals surface area contributed by atoms with Crippen molar-refractivity contribution in [3.05, 3.63) is 24.5 Å². The van der Waals surface area contributed by atoms with Crippen molar-refractivity contribution in [3.8, 4) is 0 Å². The smallest absolute Gasteiger partial charge is 0.220 e.